The Bertz CT molecular complexity index is 1230. The van der Waals surface area contributed by atoms with Gasteiger partial charge >= 0.3 is 0 Å². The first-order valence-electron chi connectivity index (χ1n) is 38.9. The third-order valence-electron chi connectivity index (χ3n) is 17.6. The smallest absolute Gasteiger partial charge is 0.162 e. The van der Waals surface area contributed by atoms with Gasteiger partial charge in [0, 0.05) is 12.8 Å². The van der Waals surface area contributed by atoms with Crippen LogP contribution in [0.1, 0.15) is 428 Å². The lowest BCUT2D eigenvalue weighted by Crippen LogP contribution is -2.25. The molecule has 0 aliphatic heterocycles. The number of unbranched alkanes of at least 4 members (excludes halogenated alkanes) is 46. The fraction of sp³-hybridized carbons (Fsp3) is 0.949. The molecule has 0 saturated heterocycles. The molecule has 0 N–H and O–H groups in total. The van der Waals surface area contributed by atoms with Crippen molar-refractivity contribution < 1.29 is 33.2 Å². The number of hydrogen-bond acceptors (Lipinski definition) is 7. The van der Waals surface area contributed by atoms with Crippen molar-refractivity contribution in [1.29, 1.82) is 0 Å². The molecule has 0 aliphatic rings. The summed E-state index contributed by atoms with van der Waals surface area (Å²) in [6.07, 6.45) is 71.4. The zero-order valence-corrected chi connectivity index (χ0v) is 59.3. The fourth-order valence-corrected chi connectivity index (χ4v) is 11.8. The number of ether oxygens (including phenoxy) is 7. The van der Waals surface area contributed by atoms with E-state index >= 15 is 0 Å². The lowest BCUT2D eigenvalue weighted by atomic mass is 10.0. The van der Waals surface area contributed by atoms with Crippen LogP contribution < -0.4 is 0 Å². The standard InChI is InChI=1S/C78H154O7/c1-9-17-25-33-41-45-49-55-63-73(80-67-59-51-37-29-21-13-5)77(82-69-61-53-39-31-23-15-7)75(65-57-47-43-35-27-19-11-3)84-71-79-72-85-76(66-58-48-44-36-28-20-12-4)78(83-70-62-54-40-32-24-16-8)74(81-68-60-52-38-30-22-14-6)64-56-50-46-42-34-26-18-10-2/h75-76H,9-72H2,1-8H3. The summed E-state index contributed by atoms with van der Waals surface area (Å²) in [6.45, 7) is 21.7. The first-order valence-corrected chi connectivity index (χ1v) is 38.9. The molecule has 0 aromatic heterocycles. The highest BCUT2D eigenvalue weighted by Gasteiger charge is 2.26. The first kappa shape index (κ1) is 83.6. The third-order valence-corrected chi connectivity index (χ3v) is 17.6. The molecule has 0 bridgehead atoms. The molecule has 0 aromatic rings. The van der Waals surface area contributed by atoms with Crippen molar-refractivity contribution in [2.45, 2.75) is 440 Å². The average Bonchev–Trinajstić information content (AvgIpc) is 3.58. The van der Waals surface area contributed by atoms with Gasteiger partial charge in [-0.25, -0.2) is 0 Å². The molecule has 7 nitrogen and oxygen atoms in total. The minimum Gasteiger partial charge on any atom is -0.494 e. The second-order valence-corrected chi connectivity index (χ2v) is 26.1. The van der Waals surface area contributed by atoms with Crippen LogP contribution in [-0.2, 0) is 33.2 Å². The normalized spacial score (nSPS) is 13.1. The highest BCUT2D eigenvalue weighted by molar-refractivity contribution is 5.09. The minimum atomic E-state index is -0.224. The maximum absolute atomic E-state index is 7.07. The molecule has 85 heavy (non-hydrogen) atoms. The Labute approximate surface area is 533 Å². The van der Waals surface area contributed by atoms with E-state index in [-0.39, 0.29) is 25.8 Å². The predicted molar refractivity (Wildman–Crippen MR) is 372 cm³/mol. The van der Waals surface area contributed by atoms with E-state index in [1.54, 1.807) is 0 Å². The number of hydrogen-bond donors (Lipinski definition) is 0. The summed E-state index contributed by atoms with van der Waals surface area (Å²) in [4.78, 5) is 0. The van der Waals surface area contributed by atoms with Crippen molar-refractivity contribution in [2.75, 3.05) is 40.0 Å². The average molecular weight is 1200 g/mol. The van der Waals surface area contributed by atoms with E-state index in [0.717, 1.165) is 113 Å². The summed E-state index contributed by atoms with van der Waals surface area (Å²) in [5.41, 5.74) is 0. The maximum atomic E-state index is 7.07. The Hall–Kier alpha value is -1.44. The van der Waals surface area contributed by atoms with Crippen LogP contribution in [0.15, 0.2) is 23.0 Å². The highest BCUT2D eigenvalue weighted by Crippen LogP contribution is 2.29. The molecule has 0 rings (SSSR count). The van der Waals surface area contributed by atoms with Gasteiger partial charge in [-0.15, -0.1) is 0 Å². The molecule has 2 atom stereocenters. The fourth-order valence-electron chi connectivity index (χ4n) is 11.8. The van der Waals surface area contributed by atoms with Gasteiger partial charge < -0.3 is 33.2 Å². The summed E-state index contributed by atoms with van der Waals surface area (Å²) >= 11 is 0. The van der Waals surface area contributed by atoms with Gasteiger partial charge in [0.2, 0.25) is 0 Å². The number of allylic oxidation sites excluding steroid dienone is 2. The van der Waals surface area contributed by atoms with Gasteiger partial charge in [0.1, 0.15) is 23.7 Å². The topological polar surface area (TPSA) is 64.6 Å². The van der Waals surface area contributed by atoms with Crippen LogP contribution in [0.2, 0.25) is 0 Å². The van der Waals surface area contributed by atoms with E-state index in [4.69, 9.17) is 33.2 Å². The van der Waals surface area contributed by atoms with Crippen molar-refractivity contribution in [1.82, 2.24) is 0 Å². The van der Waals surface area contributed by atoms with Crippen LogP contribution in [-0.4, -0.2) is 52.2 Å². The van der Waals surface area contributed by atoms with Crippen molar-refractivity contribution in [2.24, 2.45) is 0 Å². The van der Waals surface area contributed by atoms with E-state index in [2.05, 4.69) is 55.4 Å². The van der Waals surface area contributed by atoms with E-state index in [9.17, 15) is 0 Å². The lowest BCUT2D eigenvalue weighted by Gasteiger charge is -2.26. The van der Waals surface area contributed by atoms with Crippen LogP contribution in [0.5, 0.6) is 0 Å². The van der Waals surface area contributed by atoms with E-state index in [1.807, 2.05) is 0 Å². The Balaban J connectivity index is 7.15. The van der Waals surface area contributed by atoms with Crippen LogP contribution >= 0.6 is 0 Å². The molecule has 0 fully saturated rings. The molecule has 0 saturated carbocycles. The van der Waals surface area contributed by atoms with E-state index < -0.39 is 0 Å². The summed E-state index contributed by atoms with van der Waals surface area (Å²) < 4.78 is 48.7. The maximum Gasteiger partial charge on any atom is 0.162 e. The zero-order chi connectivity index (χ0) is 61.7. The predicted octanol–water partition coefficient (Wildman–Crippen LogP) is 27.0. The molecule has 508 valence electrons. The van der Waals surface area contributed by atoms with Crippen molar-refractivity contribution in [3.05, 3.63) is 23.0 Å². The summed E-state index contributed by atoms with van der Waals surface area (Å²) in [7, 11) is 0. The summed E-state index contributed by atoms with van der Waals surface area (Å²) in [6, 6.07) is 0. The summed E-state index contributed by atoms with van der Waals surface area (Å²) in [5.74, 6) is 4.01. The Kier molecular flexibility index (Phi) is 70.4. The van der Waals surface area contributed by atoms with Gasteiger partial charge in [0.25, 0.3) is 0 Å². The summed E-state index contributed by atoms with van der Waals surface area (Å²) in [5, 5.41) is 0. The zero-order valence-electron chi connectivity index (χ0n) is 59.3. The molecule has 0 aliphatic carbocycles. The largest absolute Gasteiger partial charge is 0.494 e. The lowest BCUT2D eigenvalue weighted by molar-refractivity contribution is -0.167. The minimum absolute atomic E-state index is 0.148. The second kappa shape index (κ2) is 71.6. The third kappa shape index (κ3) is 57.5. The molecule has 0 aromatic carbocycles. The molecule has 2 unspecified atom stereocenters. The second-order valence-electron chi connectivity index (χ2n) is 26.1. The van der Waals surface area contributed by atoms with Gasteiger partial charge in [-0.05, 0) is 51.4 Å². The highest BCUT2D eigenvalue weighted by atomic mass is 16.7. The molecule has 0 spiro atoms. The van der Waals surface area contributed by atoms with Crippen LogP contribution in [0.25, 0.3) is 0 Å². The first-order chi connectivity index (χ1) is 42.1. The Morgan fingerprint density at radius 3 is 0.659 bits per heavy atom. The number of rotatable bonds is 74. The van der Waals surface area contributed by atoms with Gasteiger partial charge in [0.05, 0.1) is 26.4 Å². The molecule has 7 heteroatoms. The molecule has 0 heterocycles. The van der Waals surface area contributed by atoms with Crippen molar-refractivity contribution >= 4 is 0 Å². The monoisotopic (exact) mass is 1200 g/mol. The van der Waals surface area contributed by atoms with E-state index in [0.29, 0.717) is 13.2 Å². The van der Waals surface area contributed by atoms with Gasteiger partial charge in [-0.1, -0.05) is 364 Å². The van der Waals surface area contributed by atoms with Crippen LogP contribution in [0.4, 0.5) is 0 Å². The molecular weight excluding hydrogens is 1050 g/mol. The Morgan fingerprint density at radius 1 is 0.212 bits per heavy atom. The van der Waals surface area contributed by atoms with Crippen LogP contribution in [0, 0.1) is 0 Å². The van der Waals surface area contributed by atoms with Crippen LogP contribution in [0.3, 0.4) is 0 Å². The Morgan fingerprint density at radius 2 is 0.412 bits per heavy atom. The van der Waals surface area contributed by atoms with Gasteiger partial charge in [-0.2, -0.15) is 0 Å². The molecule has 0 amide bonds. The van der Waals surface area contributed by atoms with Gasteiger partial charge in [-0.3, -0.25) is 0 Å². The van der Waals surface area contributed by atoms with Crippen molar-refractivity contribution in [3.8, 4) is 0 Å². The van der Waals surface area contributed by atoms with Crippen molar-refractivity contribution in [3.63, 3.8) is 0 Å². The van der Waals surface area contributed by atoms with E-state index in [1.165, 1.54) is 295 Å². The quantitative estimate of drug-likeness (QED) is 0.0341. The molecule has 0 radical (unpaired) electrons. The van der Waals surface area contributed by atoms with Gasteiger partial charge in [0.15, 0.2) is 25.1 Å². The molecular formula is C78H154O7. The SMILES string of the molecule is CCCCCCCCCCC(OCCCCCCCC)=C(OCCCCCCCC)C(CCCCCCCCC)OCOCOC(CCCCCCCCC)C(OCCCCCCCC)=C(CCCCCCCCCC)OCCCCCCCC.